The Morgan fingerprint density at radius 1 is 1.36 bits per heavy atom. The van der Waals surface area contributed by atoms with Crippen LogP contribution in [0.15, 0.2) is 39.7 Å². The number of rotatable bonds is 1. The first-order valence-electron chi connectivity index (χ1n) is 4.02. The van der Waals surface area contributed by atoms with Gasteiger partial charge in [-0.15, -0.1) is 0 Å². The van der Waals surface area contributed by atoms with Crippen molar-refractivity contribution in [3.05, 3.63) is 46.8 Å². The van der Waals surface area contributed by atoms with Crippen LogP contribution < -0.4 is 5.56 Å². The molecule has 2 aromatic rings. The third-order valence-electron chi connectivity index (χ3n) is 1.76. The molecule has 0 saturated carbocycles. The molecule has 0 fully saturated rings. The summed E-state index contributed by atoms with van der Waals surface area (Å²) in [6.07, 6.45) is 1.99. The summed E-state index contributed by atoms with van der Waals surface area (Å²) in [6.45, 7) is 0. The van der Waals surface area contributed by atoms with Gasteiger partial charge in [-0.3, -0.25) is 4.79 Å². The lowest BCUT2D eigenvalue weighted by Crippen LogP contribution is -2.06. The molecule has 4 heteroatoms. The third-order valence-corrected chi connectivity index (χ3v) is 1.76. The Labute approximate surface area is 79.1 Å². The lowest BCUT2D eigenvalue weighted by atomic mass is 10.2. The second-order valence-electron chi connectivity index (χ2n) is 2.67. The van der Waals surface area contributed by atoms with Crippen molar-refractivity contribution >= 4 is 17.0 Å². The van der Waals surface area contributed by atoms with Gasteiger partial charge in [0.25, 0.3) is 5.56 Å². The van der Waals surface area contributed by atoms with E-state index in [1.807, 2.05) is 0 Å². The summed E-state index contributed by atoms with van der Waals surface area (Å²) in [6, 6.07) is 6.81. The lowest BCUT2D eigenvalue weighted by Gasteiger charge is -1.95. The monoisotopic (exact) mass is 189 g/mol. The second kappa shape index (κ2) is 3.33. The zero-order valence-corrected chi connectivity index (χ0v) is 7.18. The second-order valence-corrected chi connectivity index (χ2v) is 2.67. The van der Waals surface area contributed by atoms with Gasteiger partial charge in [-0.25, -0.2) is 0 Å². The van der Waals surface area contributed by atoms with Gasteiger partial charge in [0.05, 0.1) is 11.6 Å². The van der Waals surface area contributed by atoms with E-state index in [9.17, 15) is 4.79 Å². The van der Waals surface area contributed by atoms with E-state index >= 15 is 0 Å². The number of nitrogens with zero attached hydrogens (tertiary/aromatic N) is 1. The summed E-state index contributed by atoms with van der Waals surface area (Å²) in [4.78, 5) is 15.0. The number of benzene rings is 1. The van der Waals surface area contributed by atoms with Crippen LogP contribution in [0.25, 0.3) is 17.0 Å². The summed E-state index contributed by atoms with van der Waals surface area (Å²) >= 11 is 0. The maximum absolute atomic E-state index is 11.4. The van der Waals surface area contributed by atoms with Crippen molar-refractivity contribution in [1.82, 2.24) is 4.98 Å². The molecule has 1 aromatic carbocycles. The van der Waals surface area contributed by atoms with Crippen LogP contribution in [0.2, 0.25) is 0 Å². The van der Waals surface area contributed by atoms with Gasteiger partial charge in [0, 0.05) is 6.08 Å². The van der Waals surface area contributed by atoms with Gasteiger partial charge in [-0.1, -0.05) is 12.1 Å². The highest BCUT2D eigenvalue weighted by Crippen LogP contribution is 2.10. The third kappa shape index (κ3) is 1.37. The summed E-state index contributed by atoms with van der Waals surface area (Å²) in [5, 5.41) is 8.93. The summed E-state index contributed by atoms with van der Waals surface area (Å²) in [5.41, 5.74) is 0.0977. The molecule has 1 N–H and O–H groups in total. The van der Waals surface area contributed by atoms with E-state index in [1.165, 1.54) is 6.08 Å². The summed E-state index contributed by atoms with van der Waals surface area (Å²) in [5.74, 6) is 0.0937. The highest BCUT2D eigenvalue weighted by atomic mass is 16.3. The van der Waals surface area contributed by atoms with Gasteiger partial charge < -0.3 is 9.52 Å². The maximum atomic E-state index is 11.4. The predicted molar refractivity (Wildman–Crippen MR) is 51.9 cm³/mol. The molecule has 70 valence electrons. The molecule has 0 unspecified atom stereocenters. The summed E-state index contributed by atoms with van der Waals surface area (Å²) in [7, 11) is 0. The molecule has 0 saturated heterocycles. The first-order valence-corrected chi connectivity index (χ1v) is 4.02. The van der Waals surface area contributed by atoms with E-state index in [0.717, 1.165) is 6.26 Å². The van der Waals surface area contributed by atoms with Crippen molar-refractivity contribution in [2.24, 2.45) is 0 Å². The maximum Gasteiger partial charge on any atom is 0.284 e. The van der Waals surface area contributed by atoms with Crippen LogP contribution in [0, 0.1) is 0 Å². The van der Waals surface area contributed by atoms with Crippen molar-refractivity contribution in [1.29, 1.82) is 0 Å². The minimum absolute atomic E-state index is 0.0937. The van der Waals surface area contributed by atoms with Crippen molar-refractivity contribution in [2.75, 3.05) is 0 Å². The van der Waals surface area contributed by atoms with E-state index in [4.69, 9.17) is 9.52 Å². The van der Waals surface area contributed by atoms with Crippen molar-refractivity contribution < 1.29 is 9.52 Å². The topological polar surface area (TPSA) is 63.3 Å². The average molecular weight is 189 g/mol. The van der Waals surface area contributed by atoms with E-state index < -0.39 is 0 Å². The fraction of sp³-hybridized carbons (Fsp3) is 0. The molecule has 0 aliphatic carbocycles. The van der Waals surface area contributed by atoms with Crippen LogP contribution in [0.5, 0.6) is 0 Å². The molecule has 1 heterocycles. The number of hydrogen-bond donors (Lipinski definition) is 1. The highest BCUT2D eigenvalue weighted by Gasteiger charge is 2.02. The van der Waals surface area contributed by atoms with Gasteiger partial charge in [0.1, 0.15) is 5.58 Å². The Kier molecular flexibility index (Phi) is 2.02. The standard InChI is InChI=1S/C10H7NO3/c12-6-5-9-11-10(13)7-3-1-2-4-8(7)14-9/h1-6,12H/b6-5+. The van der Waals surface area contributed by atoms with Crippen molar-refractivity contribution in [2.45, 2.75) is 0 Å². The molecule has 4 nitrogen and oxygen atoms in total. The van der Waals surface area contributed by atoms with Gasteiger partial charge in [-0.2, -0.15) is 4.98 Å². The van der Waals surface area contributed by atoms with Gasteiger partial charge in [0.2, 0.25) is 5.89 Å². The lowest BCUT2D eigenvalue weighted by molar-refractivity contribution is 0.474. The first kappa shape index (κ1) is 8.50. The number of hydrogen-bond acceptors (Lipinski definition) is 4. The Balaban J connectivity index is 2.79. The Morgan fingerprint density at radius 2 is 2.14 bits per heavy atom. The van der Waals surface area contributed by atoms with Crippen LogP contribution in [0.3, 0.4) is 0 Å². The average Bonchev–Trinajstić information content (AvgIpc) is 2.18. The molecule has 0 bridgehead atoms. The fourth-order valence-corrected chi connectivity index (χ4v) is 1.16. The van der Waals surface area contributed by atoms with Crippen molar-refractivity contribution in [3.63, 3.8) is 0 Å². The number of aliphatic hydroxyl groups is 1. The highest BCUT2D eigenvalue weighted by molar-refractivity contribution is 5.75. The fourth-order valence-electron chi connectivity index (χ4n) is 1.16. The molecular weight excluding hydrogens is 182 g/mol. The molecule has 14 heavy (non-hydrogen) atoms. The summed E-state index contributed by atoms with van der Waals surface area (Å²) < 4.78 is 5.23. The quantitative estimate of drug-likeness (QED) is 0.693. The van der Waals surface area contributed by atoms with Crippen LogP contribution in [0.1, 0.15) is 5.89 Å². The number of para-hydroxylation sites is 1. The SMILES string of the molecule is O=c1nc(/C=C/O)oc2ccccc12. The van der Waals surface area contributed by atoms with E-state index in [1.54, 1.807) is 24.3 Å². The largest absolute Gasteiger partial charge is 0.515 e. The molecule has 0 aliphatic heterocycles. The molecule has 2 rings (SSSR count). The van der Waals surface area contributed by atoms with Gasteiger partial charge in [0.15, 0.2) is 0 Å². The van der Waals surface area contributed by atoms with Gasteiger partial charge >= 0.3 is 0 Å². The molecule has 0 radical (unpaired) electrons. The Bertz CT molecular complexity index is 542. The number of aromatic nitrogens is 1. The van der Waals surface area contributed by atoms with Crippen LogP contribution in [-0.2, 0) is 0 Å². The van der Waals surface area contributed by atoms with E-state index in [2.05, 4.69) is 4.98 Å². The van der Waals surface area contributed by atoms with Crippen molar-refractivity contribution in [3.8, 4) is 0 Å². The van der Waals surface area contributed by atoms with E-state index in [0.29, 0.717) is 11.0 Å². The minimum Gasteiger partial charge on any atom is -0.515 e. The Hall–Kier alpha value is -2.10. The zero-order chi connectivity index (χ0) is 9.97. The van der Waals surface area contributed by atoms with Crippen LogP contribution >= 0.6 is 0 Å². The molecule has 0 spiro atoms. The molecule has 0 amide bonds. The molecule has 0 aliphatic rings. The first-order chi connectivity index (χ1) is 6.81. The Morgan fingerprint density at radius 3 is 2.93 bits per heavy atom. The molecule has 0 atom stereocenters. The minimum atomic E-state index is -0.361. The van der Waals surface area contributed by atoms with Crippen LogP contribution in [-0.4, -0.2) is 10.1 Å². The molecule has 1 aromatic heterocycles. The van der Waals surface area contributed by atoms with Crippen LogP contribution in [0.4, 0.5) is 0 Å². The number of fused-ring (bicyclic) bond motifs is 1. The van der Waals surface area contributed by atoms with E-state index in [-0.39, 0.29) is 11.4 Å². The normalized spacial score (nSPS) is 11.1. The number of aliphatic hydroxyl groups excluding tert-OH is 1. The zero-order valence-electron chi connectivity index (χ0n) is 7.18. The smallest absolute Gasteiger partial charge is 0.284 e. The molecular formula is C10H7NO3. The predicted octanol–water partition coefficient (Wildman–Crippen LogP) is 1.72. The van der Waals surface area contributed by atoms with Gasteiger partial charge in [-0.05, 0) is 12.1 Å².